The molecule has 0 amide bonds. The highest BCUT2D eigenvalue weighted by molar-refractivity contribution is 5.88. The maximum atomic E-state index is 11.6. The molecule has 0 atom stereocenters. The third kappa shape index (κ3) is 6.03. The number of rotatable bonds is 9. The maximum absolute atomic E-state index is 11.6. The summed E-state index contributed by atoms with van der Waals surface area (Å²) >= 11 is 0. The van der Waals surface area contributed by atoms with Gasteiger partial charge < -0.3 is 15.2 Å². The predicted molar refractivity (Wildman–Crippen MR) is 130 cm³/mol. The van der Waals surface area contributed by atoms with Crippen LogP contribution in [0.15, 0.2) is 42.6 Å². The summed E-state index contributed by atoms with van der Waals surface area (Å²) in [6.45, 7) is 9.62. The van der Waals surface area contributed by atoms with Crippen LogP contribution in [0.3, 0.4) is 0 Å². The van der Waals surface area contributed by atoms with Crippen LogP contribution in [-0.2, 0) is 35.7 Å². The fourth-order valence-electron chi connectivity index (χ4n) is 3.87. The molecule has 2 N–H and O–H groups in total. The van der Waals surface area contributed by atoms with Gasteiger partial charge in [0.1, 0.15) is 0 Å². The van der Waals surface area contributed by atoms with Crippen molar-refractivity contribution in [2.24, 2.45) is 11.7 Å². The van der Waals surface area contributed by atoms with Crippen LogP contribution in [0, 0.1) is 19.8 Å². The first kappa shape index (κ1) is 24.6. The molecule has 0 bridgehead atoms. The summed E-state index contributed by atoms with van der Waals surface area (Å²) in [5, 5.41) is 0. The summed E-state index contributed by atoms with van der Waals surface area (Å²) in [4.78, 5) is 20.8. The minimum absolute atomic E-state index is 0.319. The molecule has 0 saturated carbocycles. The van der Waals surface area contributed by atoms with Crippen molar-refractivity contribution < 1.29 is 14.3 Å². The molecule has 0 aliphatic rings. The highest BCUT2D eigenvalue weighted by atomic mass is 16.5. The summed E-state index contributed by atoms with van der Waals surface area (Å²) in [5.41, 5.74) is 15.0. The lowest BCUT2D eigenvalue weighted by atomic mass is 9.90. The molecule has 0 aliphatic heterocycles. The summed E-state index contributed by atoms with van der Waals surface area (Å²) in [6, 6.07) is 12.0. The second-order valence-corrected chi connectivity index (χ2v) is 8.67. The van der Waals surface area contributed by atoms with E-state index in [9.17, 15) is 4.79 Å². The zero-order chi connectivity index (χ0) is 24.0. The van der Waals surface area contributed by atoms with E-state index in [0.717, 1.165) is 45.8 Å². The number of benzene rings is 1. The molecule has 0 unspecified atom stereocenters. The van der Waals surface area contributed by atoms with E-state index in [-0.39, 0.29) is 0 Å². The number of aryl methyl sites for hydroxylation is 2. The number of hydrogen-bond acceptors (Lipinski definition) is 6. The quantitative estimate of drug-likeness (QED) is 0.469. The van der Waals surface area contributed by atoms with Gasteiger partial charge in [0.2, 0.25) is 0 Å². The zero-order valence-electron chi connectivity index (χ0n) is 20.1. The van der Waals surface area contributed by atoms with Gasteiger partial charge in [0, 0.05) is 29.7 Å². The Morgan fingerprint density at radius 2 is 1.76 bits per heavy atom. The van der Waals surface area contributed by atoms with Crippen molar-refractivity contribution in [3.8, 4) is 11.1 Å². The Hall–Kier alpha value is -3.09. The van der Waals surface area contributed by atoms with E-state index in [4.69, 9.17) is 20.2 Å². The van der Waals surface area contributed by atoms with Gasteiger partial charge in [0.25, 0.3) is 0 Å². The van der Waals surface area contributed by atoms with Gasteiger partial charge in [-0.2, -0.15) is 0 Å². The average Bonchev–Trinajstić information content (AvgIpc) is 2.80. The molecule has 174 valence electrons. The van der Waals surface area contributed by atoms with Gasteiger partial charge in [-0.3, -0.25) is 9.97 Å². The number of nitrogens with zero attached hydrogens (tertiary/aromatic N) is 2. The van der Waals surface area contributed by atoms with Crippen LogP contribution in [0.2, 0.25) is 0 Å². The fourth-order valence-corrected chi connectivity index (χ4v) is 3.87. The van der Waals surface area contributed by atoms with Crippen LogP contribution < -0.4 is 5.73 Å². The number of hydrogen-bond donors (Lipinski definition) is 1. The zero-order valence-corrected chi connectivity index (χ0v) is 20.1. The maximum Gasteiger partial charge on any atom is 0.339 e. The predicted octanol–water partition coefficient (Wildman–Crippen LogP) is 4.92. The molecule has 0 fully saturated rings. The summed E-state index contributed by atoms with van der Waals surface area (Å²) in [5.74, 6) is 0.0735. The average molecular weight is 448 g/mol. The lowest BCUT2D eigenvalue weighted by Crippen LogP contribution is -2.14. The highest BCUT2D eigenvalue weighted by Crippen LogP contribution is 2.33. The molecule has 0 spiro atoms. The first-order valence-electron chi connectivity index (χ1n) is 11.2. The standard InChI is InChI=1S/C27H33N3O3/c1-17(2)12-25-23(13-28)26(20-8-6-18(3)7-9-20)24(19(4)30-25)16-33-15-22-11-10-21(14-29-22)27(31)32-5/h6-11,14,17H,12-13,15-16,28H2,1-5H3. The van der Waals surface area contributed by atoms with E-state index in [1.54, 1.807) is 12.1 Å². The van der Waals surface area contributed by atoms with Crippen LogP contribution in [0.4, 0.5) is 0 Å². The molecule has 0 aliphatic carbocycles. The van der Waals surface area contributed by atoms with E-state index in [1.807, 2.05) is 6.92 Å². The SMILES string of the molecule is COC(=O)c1ccc(COCc2c(C)nc(CC(C)C)c(CN)c2-c2ccc(C)cc2)nc1. The molecule has 0 saturated heterocycles. The Bertz CT molecular complexity index is 1090. The normalized spacial score (nSPS) is 11.1. The number of aromatic nitrogens is 2. The molecule has 3 rings (SSSR count). The Morgan fingerprint density at radius 3 is 2.33 bits per heavy atom. The van der Waals surface area contributed by atoms with Gasteiger partial charge in [0.05, 0.1) is 31.6 Å². The van der Waals surface area contributed by atoms with Crippen LogP contribution in [-0.4, -0.2) is 23.0 Å². The van der Waals surface area contributed by atoms with E-state index >= 15 is 0 Å². The van der Waals surface area contributed by atoms with Gasteiger partial charge in [-0.15, -0.1) is 0 Å². The molecule has 6 heteroatoms. The summed E-state index contributed by atoms with van der Waals surface area (Å²) in [6.07, 6.45) is 2.38. The van der Waals surface area contributed by atoms with Crippen molar-refractivity contribution in [1.82, 2.24) is 9.97 Å². The number of methoxy groups -OCH3 is 1. The Morgan fingerprint density at radius 1 is 1.03 bits per heavy atom. The van der Waals surface area contributed by atoms with Gasteiger partial charge in [-0.25, -0.2) is 4.79 Å². The Balaban J connectivity index is 1.91. The first-order chi connectivity index (χ1) is 15.8. The molecule has 33 heavy (non-hydrogen) atoms. The molecular weight excluding hydrogens is 414 g/mol. The summed E-state index contributed by atoms with van der Waals surface area (Å²) in [7, 11) is 1.35. The largest absolute Gasteiger partial charge is 0.465 e. The Kier molecular flexibility index (Phi) is 8.31. The smallest absolute Gasteiger partial charge is 0.339 e. The Labute approximate surface area is 196 Å². The third-order valence-corrected chi connectivity index (χ3v) is 5.58. The minimum atomic E-state index is -0.407. The van der Waals surface area contributed by atoms with Gasteiger partial charge in [-0.05, 0) is 55.0 Å². The lowest BCUT2D eigenvalue weighted by molar-refractivity contribution is 0.0599. The molecule has 2 heterocycles. The monoisotopic (exact) mass is 447 g/mol. The number of carbonyl (C=O) groups is 1. The van der Waals surface area contributed by atoms with Crippen LogP contribution in [0.1, 0.15) is 58.0 Å². The molecule has 0 radical (unpaired) electrons. The van der Waals surface area contributed by atoms with Crippen molar-refractivity contribution in [3.05, 3.63) is 81.9 Å². The van der Waals surface area contributed by atoms with Crippen molar-refractivity contribution in [2.45, 2.75) is 53.9 Å². The molecule has 3 aromatic rings. The van der Waals surface area contributed by atoms with E-state index in [2.05, 4.69) is 50.0 Å². The highest BCUT2D eigenvalue weighted by Gasteiger charge is 2.19. The van der Waals surface area contributed by atoms with E-state index in [1.165, 1.54) is 18.9 Å². The van der Waals surface area contributed by atoms with Crippen LogP contribution in [0.5, 0.6) is 0 Å². The second kappa shape index (κ2) is 11.2. The van der Waals surface area contributed by atoms with Crippen molar-refractivity contribution >= 4 is 5.97 Å². The van der Waals surface area contributed by atoms with Crippen LogP contribution >= 0.6 is 0 Å². The lowest BCUT2D eigenvalue weighted by Gasteiger charge is -2.21. The fraction of sp³-hybridized carbons (Fsp3) is 0.370. The van der Waals surface area contributed by atoms with Crippen LogP contribution in [0.25, 0.3) is 11.1 Å². The molecular formula is C27H33N3O3. The summed E-state index contributed by atoms with van der Waals surface area (Å²) < 4.78 is 10.8. The number of pyridine rings is 2. The van der Waals surface area contributed by atoms with Gasteiger partial charge >= 0.3 is 5.97 Å². The number of ether oxygens (including phenoxy) is 2. The van der Waals surface area contributed by atoms with E-state index < -0.39 is 5.97 Å². The first-order valence-corrected chi connectivity index (χ1v) is 11.2. The number of esters is 1. The second-order valence-electron chi connectivity index (χ2n) is 8.67. The minimum Gasteiger partial charge on any atom is -0.465 e. The number of nitrogens with two attached hydrogens (primary N) is 1. The topological polar surface area (TPSA) is 87.3 Å². The molecule has 1 aromatic carbocycles. The van der Waals surface area contributed by atoms with Gasteiger partial charge in [-0.1, -0.05) is 43.7 Å². The third-order valence-electron chi connectivity index (χ3n) is 5.58. The molecule has 6 nitrogen and oxygen atoms in total. The van der Waals surface area contributed by atoms with Crippen molar-refractivity contribution in [2.75, 3.05) is 7.11 Å². The van der Waals surface area contributed by atoms with Crippen molar-refractivity contribution in [1.29, 1.82) is 0 Å². The number of carbonyl (C=O) groups excluding carboxylic acids is 1. The van der Waals surface area contributed by atoms with E-state index in [0.29, 0.717) is 31.2 Å². The van der Waals surface area contributed by atoms with Gasteiger partial charge in [0.15, 0.2) is 0 Å². The molecule has 2 aromatic heterocycles. The van der Waals surface area contributed by atoms with Crippen molar-refractivity contribution in [3.63, 3.8) is 0 Å².